The lowest BCUT2D eigenvalue weighted by Gasteiger charge is -2.04. The maximum atomic E-state index is 12.1. The number of nitrogens with one attached hydrogen (secondary N) is 1. The third-order valence-corrected chi connectivity index (χ3v) is 6.91. The van der Waals surface area contributed by atoms with E-state index >= 15 is 0 Å². The number of aromatic nitrogens is 2. The van der Waals surface area contributed by atoms with Gasteiger partial charge in [0.05, 0.1) is 6.20 Å². The van der Waals surface area contributed by atoms with Crippen molar-refractivity contribution in [1.82, 2.24) is 14.5 Å². The Balaban J connectivity index is 2.21. The number of carbonyl (C=O) groups is 1. The van der Waals surface area contributed by atoms with Gasteiger partial charge in [0, 0.05) is 23.6 Å². The summed E-state index contributed by atoms with van der Waals surface area (Å²) < 4.78 is 28.6. The van der Waals surface area contributed by atoms with Crippen LogP contribution < -0.4 is 4.72 Å². The second-order valence-electron chi connectivity index (χ2n) is 3.96. The van der Waals surface area contributed by atoms with Crippen molar-refractivity contribution in [2.45, 2.75) is 10.8 Å². The van der Waals surface area contributed by atoms with Gasteiger partial charge in [0.2, 0.25) is 10.0 Å². The van der Waals surface area contributed by atoms with E-state index < -0.39 is 16.0 Å². The van der Waals surface area contributed by atoms with Gasteiger partial charge in [-0.15, -0.1) is 11.3 Å². The van der Waals surface area contributed by atoms with Crippen LogP contribution in [0.15, 0.2) is 20.9 Å². The lowest BCUT2D eigenvalue weighted by Crippen LogP contribution is -2.23. The molecule has 114 valence electrons. The summed E-state index contributed by atoms with van der Waals surface area (Å²) in [5, 5.41) is 12.9. The molecule has 0 aromatic carbocycles. The van der Waals surface area contributed by atoms with Crippen molar-refractivity contribution >= 4 is 54.9 Å². The Morgan fingerprint density at radius 3 is 2.81 bits per heavy atom. The van der Waals surface area contributed by atoms with E-state index in [1.807, 2.05) is 0 Å². The summed E-state index contributed by atoms with van der Waals surface area (Å²) >= 11 is 9.85. The number of aromatic carboxylic acids is 1. The zero-order valence-electron chi connectivity index (χ0n) is 10.5. The molecule has 0 bridgehead atoms. The summed E-state index contributed by atoms with van der Waals surface area (Å²) in [6.07, 6.45) is 1.31. The number of carboxylic acid groups (broad SMARTS) is 1. The van der Waals surface area contributed by atoms with Crippen molar-refractivity contribution in [2.24, 2.45) is 7.05 Å². The first kappa shape index (κ1) is 16.4. The van der Waals surface area contributed by atoms with Crippen LogP contribution in [-0.4, -0.2) is 29.3 Å². The minimum atomic E-state index is -3.77. The van der Waals surface area contributed by atoms with Crippen molar-refractivity contribution < 1.29 is 18.3 Å². The first-order valence-corrected chi connectivity index (χ1v) is 8.88. The number of carboxylic acids is 1. The van der Waals surface area contributed by atoms with Crippen molar-refractivity contribution in [1.29, 1.82) is 0 Å². The monoisotopic (exact) mass is 413 g/mol. The molecule has 0 spiro atoms. The molecule has 0 aliphatic carbocycles. The fourth-order valence-corrected chi connectivity index (χ4v) is 4.94. The Hall–Kier alpha value is -0.940. The van der Waals surface area contributed by atoms with Gasteiger partial charge in [0.1, 0.15) is 8.55 Å². The van der Waals surface area contributed by atoms with Gasteiger partial charge in [0.25, 0.3) is 0 Å². The lowest BCUT2D eigenvalue weighted by atomic mass is 10.2. The average molecular weight is 415 g/mol. The highest BCUT2D eigenvalue weighted by Gasteiger charge is 2.21. The van der Waals surface area contributed by atoms with Crippen molar-refractivity contribution in [2.75, 3.05) is 0 Å². The molecule has 21 heavy (non-hydrogen) atoms. The SMILES string of the molecule is Cn1ncc(CNS(=O)(=O)c2cc(Br)c(Cl)s2)c1C(=O)O. The van der Waals surface area contributed by atoms with Crippen LogP contribution in [0.3, 0.4) is 0 Å². The predicted molar refractivity (Wildman–Crippen MR) is 81.2 cm³/mol. The smallest absolute Gasteiger partial charge is 0.354 e. The minimum absolute atomic E-state index is 0.0418. The number of hydrogen-bond donors (Lipinski definition) is 2. The van der Waals surface area contributed by atoms with E-state index in [0.717, 1.165) is 11.3 Å². The second-order valence-corrected chi connectivity index (χ2v) is 8.46. The molecule has 0 aliphatic heterocycles. The van der Waals surface area contributed by atoms with E-state index in [9.17, 15) is 13.2 Å². The molecule has 11 heteroatoms. The third kappa shape index (κ3) is 3.46. The number of rotatable bonds is 5. The number of sulfonamides is 1. The van der Waals surface area contributed by atoms with Gasteiger partial charge >= 0.3 is 5.97 Å². The third-order valence-electron chi connectivity index (χ3n) is 2.56. The predicted octanol–water partition coefficient (Wildman–Crippen LogP) is 2.07. The Morgan fingerprint density at radius 2 is 2.29 bits per heavy atom. The van der Waals surface area contributed by atoms with Crippen LogP contribution in [0, 0.1) is 0 Å². The summed E-state index contributed by atoms with van der Waals surface area (Å²) in [7, 11) is -2.30. The van der Waals surface area contributed by atoms with Crippen molar-refractivity contribution in [3.63, 3.8) is 0 Å². The lowest BCUT2D eigenvalue weighted by molar-refractivity contribution is 0.0683. The van der Waals surface area contributed by atoms with Crippen LogP contribution in [0.25, 0.3) is 0 Å². The molecular formula is C10H9BrClN3O4S2. The van der Waals surface area contributed by atoms with Gasteiger partial charge in [-0.3, -0.25) is 4.68 Å². The highest BCUT2D eigenvalue weighted by atomic mass is 79.9. The maximum absolute atomic E-state index is 12.1. The number of nitrogens with zero attached hydrogens (tertiary/aromatic N) is 2. The van der Waals surface area contributed by atoms with E-state index in [4.69, 9.17) is 16.7 Å². The minimum Gasteiger partial charge on any atom is -0.477 e. The Labute approximate surface area is 137 Å². The molecule has 0 radical (unpaired) electrons. The van der Waals surface area contributed by atoms with Gasteiger partial charge < -0.3 is 5.11 Å². The zero-order chi connectivity index (χ0) is 15.8. The molecule has 2 aromatic heterocycles. The van der Waals surface area contributed by atoms with E-state index in [1.165, 1.54) is 24.0 Å². The molecule has 2 aromatic rings. The molecule has 0 amide bonds. The van der Waals surface area contributed by atoms with Gasteiger partial charge in [-0.1, -0.05) is 11.6 Å². The van der Waals surface area contributed by atoms with E-state index in [-0.39, 0.29) is 22.0 Å². The van der Waals surface area contributed by atoms with Gasteiger partial charge in [0.15, 0.2) is 5.69 Å². The Morgan fingerprint density at radius 1 is 1.62 bits per heavy atom. The van der Waals surface area contributed by atoms with Crippen molar-refractivity contribution in [3.8, 4) is 0 Å². The van der Waals surface area contributed by atoms with Crippen LogP contribution in [-0.2, 0) is 23.6 Å². The normalized spacial score (nSPS) is 11.8. The van der Waals surface area contributed by atoms with E-state index in [1.54, 1.807) is 0 Å². The van der Waals surface area contributed by atoms with Crippen LogP contribution in [0.4, 0.5) is 0 Å². The molecule has 2 heterocycles. The van der Waals surface area contributed by atoms with Crippen molar-refractivity contribution in [3.05, 3.63) is 32.3 Å². The molecule has 2 N–H and O–H groups in total. The zero-order valence-corrected chi connectivity index (χ0v) is 14.5. The van der Waals surface area contributed by atoms with Gasteiger partial charge in [-0.05, 0) is 22.0 Å². The highest BCUT2D eigenvalue weighted by molar-refractivity contribution is 9.10. The first-order valence-electron chi connectivity index (χ1n) is 5.41. The highest BCUT2D eigenvalue weighted by Crippen LogP contribution is 2.34. The maximum Gasteiger partial charge on any atom is 0.354 e. The van der Waals surface area contributed by atoms with Crippen LogP contribution in [0.2, 0.25) is 4.34 Å². The summed E-state index contributed by atoms with van der Waals surface area (Å²) in [5.74, 6) is -1.17. The largest absolute Gasteiger partial charge is 0.477 e. The summed E-state index contributed by atoms with van der Waals surface area (Å²) in [6.45, 7) is -0.176. The number of halogens is 2. The number of hydrogen-bond acceptors (Lipinski definition) is 5. The average Bonchev–Trinajstić information content (AvgIpc) is 2.91. The molecule has 0 unspecified atom stereocenters. The van der Waals surface area contributed by atoms with Gasteiger partial charge in [-0.2, -0.15) is 5.10 Å². The number of thiophene rings is 1. The standard InChI is InChI=1S/C10H9BrClN3O4S2/c1-15-8(10(16)17)5(3-13-15)4-14-21(18,19)7-2-6(11)9(12)20-7/h2-3,14H,4H2,1H3,(H,16,17). The molecule has 0 saturated carbocycles. The van der Waals surface area contributed by atoms with E-state index in [2.05, 4.69) is 25.8 Å². The quantitative estimate of drug-likeness (QED) is 0.780. The van der Waals surface area contributed by atoms with Gasteiger partial charge in [-0.25, -0.2) is 17.9 Å². The molecule has 7 nitrogen and oxygen atoms in total. The molecule has 2 rings (SSSR count). The topological polar surface area (TPSA) is 101 Å². The summed E-state index contributed by atoms with van der Waals surface area (Å²) in [6, 6.07) is 1.39. The second kappa shape index (κ2) is 6.05. The number of aryl methyl sites for hydroxylation is 1. The summed E-state index contributed by atoms with van der Waals surface area (Å²) in [4.78, 5) is 11.1. The Bertz CT molecular complexity index is 780. The Kier molecular flexibility index (Phi) is 4.73. The molecule has 0 fully saturated rings. The fourth-order valence-electron chi connectivity index (χ4n) is 1.59. The molecule has 0 atom stereocenters. The van der Waals surface area contributed by atoms with Crippen LogP contribution in [0.5, 0.6) is 0 Å². The summed E-state index contributed by atoms with van der Waals surface area (Å²) in [5.41, 5.74) is 0.207. The molecular weight excluding hydrogens is 406 g/mol. The van der Waals surface area contributed by atoms with Crippen LogP contribution in [0.1, 0.15) is 16.1 Å². The molecule has 0 saturated heterocycles. The first-order chi connectivity index (χ1) is 9.72. The van der Waals surface area contributed by atoms with E-state index in [0.29, 0.717) is 8.81 Å². The van der Waals surface area contributed by atoms with Crippen LogP contribution >= 0.6 is 38.9 Å². The molecule has 0 aliphatic rings. The fraction of sp³-hybridized carbons (Fsp3) is 0.200.